The fourth-order valence-corrected chi connectivity index (χ4v) is 2.28. The molecule has 1 atom stereocenters. The number of allylic oxidation sites excluding steroid dienone is 1. The van der Waals surface area contributed by atoms with Gasteiger partial charge in [0.2, 0.25) is 0 Å². The number of nitrogens with zero attached hydrogens (tertiary/aromatic N) is 1. The standard InChI is InChI=1S/C13H9F3N2/c14-13(15,16)12-11(7-17-18-12)10-6-5-8-3-1-2-4-9(8)10/h1-7,10H,(H,17,18). The third-order valence-electron chi connectivity index (χ3n) is 3.09. The minimum Gasteiger partial charge on any atom is -0.273 e. The number of alkyl halides is 3. The number of H-pyrrole nitrogens is 1. The van der Waals surface area contributed by atoms with Crippen LogP contribution in [-0.2, 0) is 6.18 Å². The number of hydrogen-bond acceptors (Lipinski definition) is 1. The highest BCUT2D eigenvalue weighted by Crippen LogP contribution is 2.40. The Labute approximate surface area is 101 Å². The lowest BCUT2D eigenvalue weighted by molar-refractivity contribution is -0.141. The van der Waals surface area contributed by atoms with Gasteiger partial charge >= 0.3 is 6.18 Å². The Morgan fingerprint density at radius 1 is 1.11 bits per heavy atom. The molecule has 1 unspecified atom stereocenters. The van der Waals surface area contributed by atoms with Crippen molar-refractivity contribution in [3.63, 3.8) is 0 Å². The number of halogens is 3. The highest BCUT2D eigenvalue weighted by molar-refractivity contribution is 5.65. The molecule has 1 aromatic carbocycles. The van der Waals surface area contributed by atoms with Gasteiger partial charge in [0.15, 0.2) is 0 Å². The Morgan fingerprint density at radius 2 is 1.89 bits per heavy atom. The van der Waals surface area contributed by atoms with E-state index in [9.17, 15) is 13.2 Å². The van der Waals surface area contributed by atoms with Gasteiger partial charge < -0.3 is 0 Å². The Hall–Kier alpha value is -2.04. The summed E-state index contributed by atoms with van der Waals surface area (Å²) in [5.41, 5.74) is 1.23. The number of hydrogen-bond donors (Lipinski definition) is 1. The average Bonchev–Trinajstić information content (AvgIpc) is 2.93. The molecule has 0 bridgehead atoms. The molecule has 92 valence electrons. The predicted molar refractivity (Wildman–Crippen MR) is 60.9 cm³/mol. The van der Waals surface area contributed by atoms with Crippen molar-refractivity contribution >= 4 is 6.08 Å². The number of benzene rings is 1. The SMILES string of the molecule is FC(F)(F)c1[nH]ncc1C1C=Cc2ccccc21. The molecule has 5 heteroatoms. The maximum atomic E-state index is 12.8. The first-order valence-corrected chi connectivity index (χ1v) is 5.45. The van der Waals surface area contributed by atoms with E-state index in [1.807, 2.05) is 35.4 Å². The van der Waals surface area contributed by atoms with Gasteiger partial charge in [0.1, 0.15) is 5.69 Å². The van der Waals surface area contributed by atoms with Crippen LogP contribution in [0.15, 0.2) is 36.5 Å². The lowest BCUT2D eigenvalue weighted by atomic mass is 9.93. The maximum absolute atomic E-state index is 12.8. The molecule has 3 rings (SSSR count). The Morgan fingerprint density at radius 3 is 2.67 bits per heavy atom. The van der Waals surface area contributed by atoms with Crippen LogP contribution in [0.3, 0.4) is 0 Å². The van der Waals surface area contributed by atoms with Gasteiger partial charge in [-0.3, -0.25) is 5.10 Å². The van der Waals surface area contributed by atoms with Crippen molar-refractivity contribution in [2.45, 2.75) is 12.1 Å². The van der Waals surface area contributed by atoms with Crippen molar-refractivity contribution in [2.24, 2.45) is 0 Å². The summed E-state index contributed by atoms with van der Waals surface area (Å²) in [6.07, 6.45) is 0.453. The normalized spacial score (nSPS) is 18.1. The van der Waals surface area contributed by atoms with Crippen LogP contribution in [0, 0.1) is 0 Å². The first kappa shape index (κ1) is 11.1. The maximum Gasteiger partial charge on any atom is 0.433 e. The molecular weight excluding hydrogens is 241 g/mol. The lowest BCUT2D eigenvalue weighted by Gasteiger charge is -2.13. The monoisotopic (exact) mass is 250 g/mol. The quantitative estimate of drug-likeness (QED) is 0.823. The summed E-state index contributed by atoms with van der Waals surface area (Å²) < 4.78 is 38.4. The van der Waals surface area contributed by atoms with Crippen LogP contribution < -0.4 is 0 Å². The highest BCUT2D eigenvalue weighted by atomic mass is 19.4. The molecule has 1 aromatic heterocycles. The van der Waals surface area contributed by atoms with E-state index in [0.29, 0.717) is 0 Å². The summed E-state index contributed by atoms with van der Waals surface area (Å²) in [5, 5.41) is 5.57. The van der Waals surface area contributed by atoms with E-state index < -0.39 is 11.9 Å². The summed E-state index contributed by atoms with van der Waals surface area (Å²) in [6, 6.07) is 7.42. The molecule has 0 amide bonds. The second kappa shape index (κ2) is 3.73. The van der Waals surface area contributed by atoms with E-state index in [-0.39, 0.29) is 11.5 Å². The minimum atomic E-state index is -4.41. The van der Waals surface area contributed by atoms with Gasteiger partial charge in [-0.15, -0.1) is 0 Å². The lowest BCUT2D eigenvalue weighted by Crippen LogP contribution is -2.10. The minimum absolute atomic E-state index is 0.170. The Balaban J connectivity index is 2.09. The van der Waals surface area contributed by atoms with E-state index >= 15 is 0 Å². The largest absolute Gasteiger partial charge is 0.433 e. The predicted octanol–water partition coefficient (Wildman–Crippen LogP) is 3.59. The third kappa shape index (κ3) is 1.63. The van der Waals surface area contributed by atoms with Crippen molar-refractivity contribution in [3.8, 4) is 0 Å². The number of rotatable bonds is 1. The number of nitrogens with one attached hydrogen (secondary N) is 1. The van der Waals surface area contributed by atoms with Gasteiger partial charge in [0.05, 0.1) is 6.20 Å². The molecule has 1 aliphatic rings. The van der Waals surface area contributed by atoms with Crippen molar-refractivity contribution in [3.05, 3.63) is 58.9 Å². The zero-order valence-electron chi connectivity index (χ0n) is 9.20. The van der Waals surface area contributed by atoms with Crippen LogP contribution in [0.4, 0.5) is 13.2 Å². The van der Waals surface area contributed by atoms with Crippen molar-refractivity contribution in [1.29, 1.82) is 0 Å². The number of fused-ring (bicyclic) bond motifs is 1. The summed E-state index contributed by atoms with van der Waals surface area (Å²) in [5.74, 6) is -0.378. The number of aromatic amines is 1. The Kier molecular flexibility index (Phi) is 2.29. The first-order valence-electron chi connectivity index (χ1n) is 5.45. The molecule has 1 aliphatic carbocycles. The fourth-order valence-electron chi connectivity index (χ4n) is 2.28. The summed E-state index contributed by atoms with van der Waals surface area (Å²) in [7, 11) is 0. The van der Waals surface area contributed by atoms with Crippen LogP contribution in [0.1, 0.15) is 28.3 Å². The molecule has 0 spiro atoms. The second-order valence-corrected chi connectivity index (χ2v) is 4.16. The molecule has 18 heavy (non-hydrogen) atoms. The molecular formula is C13H9F3N2. The molecule has 2 aromatic rings. The van der Waals surface area contributed by atoms with Crippen LogP contribution in [0.5, 0.6) is 0 Å². The van der Waals surface area contributed by atoms with E-state index in [2.05, 4.69) is 5.10 Å². The average molecular weight is 250 g/mol. The van der Waals surface area contributed by atoms with E-state index in [1.54, 1.807) is 6.08 Å². The molecule has 0 aliphatic heterocycles. The smallest absolute Gasteiger partial charge is 0.273 e. The molecule has 1 N–H and O–H groups in total. The molecule has 0 saturated carbocycles. The van der Waals surface area contributed by atoms with Gasteiger partial charge in [-0.05, 0) is 11.1 Å². The first-order chi connectivity index (χ1) is 8.57. The molecule has 0 saturated heterocycles. The van der Waals surface area contributed by atoms with Gasteiger partial charge in [0, 0.05) is 11.5 Å². The third-order valence-corrected chi connectivity index (χ3v) is 3.09. The zero-order valence-corrected chi connectivity index (χ0v) is 9.20. The van der Waals surface area contributed by atoms with E-state index in [4.69, 9.17) is 0 Å². The van der Waals surface area contributed by atoms with E-state index in [1.165, 1.54) is 6.20 Å². The van der Waals surface area contributed by atoms with Crippen molar-refractivity contribution in [1.82, 2.24) is 10.2 Å². The molecule has 0 fully saturated rings. The van der Waals surface area contributed by atoms with Gasteiger partial charge in [0.25, 0.3) is 0 Å². The zero-order chi connectivity index (χ0) is 12.8. The fraction of sp³-hybridized carbons (Fsp3) is 0.154. The van der Waals surface area contributed by atoms with Gasteiger partial charge in [-0.25, -0.2) is 0 Å². The molecule has 2 nitrogen and oxygen atoms in total. The van der Waals surface area contributed by atoms with Gasteiger partial charge in [-0.1, -0.05) is 36.4 Å². The van der Waals surface area contributed by atoms with Crippen molar-refractivity contribution < 1.29 is 13.2 Å². The Bertz CT molecular complexity index is 611. The second-order valence-electron chi connectivity index (χ2n) is 4.16. The summed E-state index contributed by atoms with van der Waals surface area (Å²) >= 11 is 0. The van der Waals surface area contributed by atoms with Crippen LogP contribution in [-0.4, -0.2) is 10.2 Å². The van der Waals surface area contributed by atoms with Gasteiger partial charge in [-0.2, -0.15) is 18.3 Å². The van der Waals surface area contributed by atoms with Crippen LogP contribution in [0.25, 0.3) is 6.08 Å². The molecule has 0 radical (unpaired) electrons. The highest BCUT2D eigenvalue weighted by Gasteiger charge is 2.38. The summed E-state index contributed by atoms with van der Waals surface area (Å²) in [6.45, 7) is 0. The van der Waals surface area contributed by atoms with Crippen LogP contribution >= 0.6 is 0 Å². The van der Waals surface area contributed by atoms with Crippen LogP contribution in [0.2, 0.25) is 0 Å². The van der Waals surface area contributed by atoms with Crippen molar-refractivity contribution in [2.75, 3.05) is 0 Å². The topological polar surface area (TPSA) is 28.7 Å². The number of aromatic nitrogens is 2. The summed E-state index contributed by atoms with van der Waals surface area (Å²) in [4.78, 5) is 0. The molecule has 1 heterocycles. The van der Waals surface area contributed by atoms with E-state index in [0.717, 1.165) is 11.1 Å².